The molecule has 2 heterocycles. The molecule has 1 aliphatic rings. The summed E-state index contributed by atoms with van der Waals surface area (Å²) < 4.78 is 26.4. The van der Waals surface area contributed by atoms with Gasteiger partial charge < -0.3 is 0 Å². The summed E-state index contributed by atoms with van der Waals surface area (Å²) in [4.78, 5) is 32.0. The molecule has 0 spiro atoms. The number of hydrogen-bond acceptors (Lipinski definition) is 7. The van der Waals surface area contributed by atoms with Gasteiger partial charge in [-0.15, -0.1) is 11.3 Å². The second-order valence-corrected chi connectivity index (χ2v) is 10.7. The molecule has 1 aromatic carbocycles. The monoisotopic (exact) mass is 449 g/mol. The Morgan fingerprint density at radius 2 is 2.00 bits per heavy atom. The van der Waals surface area contributed by atoms with Crippen LogP contribution in [0.4, 0.5) is 5.69 Å². The first-order chi connectivity index (χ1) is 13.7. The SMILES string of the molecule is Cn1c(SCC(=O)c2ccc(NS(C)(=O)=O)cc2)nc2sc3c(c2c1=O)CCC3. The first-order valence-electron chi connectivity index (χ1n) is 8.98. The maximum absolute atomic E-state index is 12.8. The van der Waals surface area contributed by atoms with Gasteiger partial charge in [-0.05, 0) is 49.1 Å². The van der Waals surface area contributed by atoms with Crippen LogP contribution >= 0.6 is 23.1 Å². The van der Waals surface area contributed by atoms with Gasteiger partial charge in [0.1, 0.15) is 4.83 Å². The van der Waals surface area contributed by atoms with Crippen molar-refractivity contribution in [2.24, 2.45) is 7.05 Å². The van der Waals surface area contributed by atoms with Crippen molar-refractivity contribution in [1.29, 1.82) is 0 Å². The van der Waals surface area contributed by atoms with Crippen LogP contribution in [-0.2, 0) is 29.9 Å². The number of anilines is 1. The predicted molar refractivity (Wildman–Crippen MR) is 117 cm³/mol. The van der Waals surface area contributed by atoms with E-state index < -0.39 is 10.0 Å². The molecule has 29 heavy (non-hydrogen) atoms. The van der Waals surface area contributed by atoms with Crippen LogP contribution in [-0.4, -0.2) is 35.8 Å². The van der Waals surface area contributed by atoms with Crippen LogP contribution < -0.4 is 10.3 Å². The molecule has 0 amide bonds. The molecule has 0 aliphatic heterocycles. The number of thioether (sulfide) groups is 1. The lowest BCUT2D eigenvalue weighted by atomic mass is 10.1. The van der Waals surface area contributed by atoms with Crippen LogP contribution in [0.2, 0.25) is 0 Å². The van der Waals surface area contributed by atoms with Crippen LogP contribution in [0.3, 0.4) is 0 Å². The fourth-order valence-corrected chi connectivity index (χ4v) is 6.12. The number of carbonyl (C=O) groups excluding carboxylic acids is 1. The number of ketones is 1. The summed E-state index contributed by atoms with van der Waals surface area (Å²) in [6.07, 6.45) is 4.09. The number of rotatable bonds is 6. The van der Waals surface area contributed by atoms with E-state index in [4.69, 9.17) is 0 Å². The molecular weight excluding hydrogens is 430 g/mol. The van der Waals surface area contributed by atoms with Crippen molar-refractivity contribution in [3.63, 3.8) is 0 Å². The Balaban J connectivity index is 1.51. The number of fused-ring (bicyclic) bond motifs is 3. The smallest absolute Gasteiger partial charge is 0.262 e. The maximum Gasteiger partial charge on any atom is 0.262 e. The average molecular weight is 450 g/mol. The van der Waals surface area contributed by atoms with Gasteiger partial charge in [0, 0.05) is 23.2 Å². The van der Waals surface area contributed by atoms with Gasteiger partial charge >= 0.3 is 0 Å². The summed E-state index contributed by atoms with van der Waals surface area (Å²) in [5.41, 5.74) is 1.96. The Morgan fingerprint density at radius 1 is 1.28 bits per heavy atom. The molecule has 4 rings (SSSR count). The van der Waals surface area contributed by atoms with Crippen LogP contribution in [0.25, 0.3) is 10.2 Å². The Labute approximate surface area is 176 Å². The van der Waals surface area contributed by atoms with Gasteiger partial charge in [-0.1, -0.05) is 11.8 Å². The third kappa shape index (κ3) is 4.10. The van der Waals surface area contributed by atoms with Crippen molar-refractivity contribution < 1.29 is 13.2 Å². The maximum atomic E-state index is 12.8. The lowest BCUT2D eigenvalue weighted by molar-refractivity contribution is 0.102. The molecule has 0 radical (unpaired) electrons. The highest BCUT2D eigenvalue weighted by Gasteiger charge is 2.22. The van der Waals surface area contributed by atoms with Crippen molar-refractivity contribution in [2.75, 3.05) is 16.7 Å². The molecule has 7 nitrogen and oxygen atoms in total. The predicted octanol–water partition coefficient (Wildman–Crippen LogP) is 2.83. The molecule has 0 atom stereocenters. The lowest BCUT2D eigenvalue weighted by Gasteiger charge is -2.08. The molecule has 0 bridgehead atoms. The van der Waals surface area contributed by atoms with Gasteiger partial charge in [-0.3, -0.25) is 18.9 Å². The van der Waals surface area contributed by atoms with E-state index in [-0.39, 0.29) is 17.1 Å². The highest BCUT2D eigenvalue weighted by molar-refractivity contribution is 7.99. The molecule has 152 valence electrons. The van der Waals surface area contributed by atoms with E-state index in [2.05, 4.69) is 9.71 Å². The molecule has 2 aromatic heterocycles. The summed E-state index contributed by atoms with van der Waals surface area (Å²) in [7, 11) is -1.67. The quantitative estimate of drug-likeness (QED) is 0.353. The molecule has 0 saturated heterocycles. The first-order valence-corrected chi connectivity index (χ1v) is 12.7. The number of thiophene rings is 1. The van der Waals surface area contributed by atoms with Crippen LogP contribution in [0, 0.1) is 0 Å². The van der Waals surface area contributed by atoms with Gasteiger partial charge in [0.15, 0.2) is 10.9 Å². The molecule has 0 saturated carbocycles. The lowest BCUT2D eigenvalue weighted by Crippen LogP contribution is -2.20. The standard InChI is InChI=1S/C19H19N3O4S3/c1-22-18(24)16-13-4-3-5-15(13)28-17(16)20-19(22)27-10-14(23)11-6-8-12(9-7-11)21-29(2,25)26/h6-9,21H,3-5,10H2,1-2H3. The zero-order valence-electron chi connectivity index (χ0n) is 15.9. The van der Waals surface area contributed by atoms with Crippen LogP contribution in [0.15, 0.2) is 34.2 Å². The zero-order valence-corrected chi connectivity index (χ0v) is 18.3. The minimum Gasteiger partial charge on any atom is -0.293 e. The number of hydrogen-bond donors (Lipinski definition) is 1. The highest BCUT2D eigenvalue weighted by Crippen LogP contribution is 2.35. The molecule has 1 aliphatic carbocycles. The van der Waals surface area contributed by atoms with E-state index in [1.54, 1.807) is 42.6 Å². The van der Waals surface area contributed by atoms with E-state index >= 15 is 0 Å². The summed E-state index contributed by atoms with van der Waals surface area (Å²) in [6, 6.07) is 6.25. The largest absolute Gasteiger partial charge is 0.293 e. The van der Waals surface area contributed by atoms with Crippen LogP contribution in [0.5, 0.6) is 0 Å². The first kappa shape index (κ1) is 20.1. The zero-order chi connectivity index (χ0) is 20.8. The Kier molecular flexibility index (Phi) is 5.26. The molecular formula is C19H19N3O4S3. The van der Waals surface area contributed by atoms with Crippen LogP contribution in [0.1, 0.15) is 27.2 Å². The second kappa shape index (κ2) is 7.58. The summed E-state index contributed by atoms with van der Waals surface area (Å²) in [6.45, 7) is 0. The molecule has 0 fully saturated rings. The van der Waals surface area contributed by atoms with Gasteiger partial charge in [0.25, 0.3) is 5.56 Å². The van der Waals surface area contributed by atoms with Crippen molar-refractivity contribution in [2.45, 2.75) is 24.4 Å². The van der Waals surface area contributed by atoms with Crippen molar-refractivity contribution in [1.82, 2.24) is 9.55 Å². The van der Waals surface area contributed by atoms with E-state index in [0.717, 1.165) is 41.3 Å². The normalized spacial score (nSPS) is 13.6. The number of benzene rings is 1. The summed E-state index contributed by atoms with van der Waals surface area (Å²) in [5, 5.41) is 1.25. The fraction of sp³-hybridized carbons (Fsp3) is 0.316. The minimum absolute atomic E-state index is 0.0550. The second-order valence-electron chi connectivity index (χ2n) is 6.96. The number of aryl methyl sites for hydroxylation is 2. The molecule has 3 aromatic rings. The molecule has 1 N–H and O–H groups in total. The number of carbonyl (C=O) groups is 1. The molecule has 10 heteroatoms. The molecule has 0 unspecified atom stereocenters. The minimum atomic E-state index is -3.36. The Morgan fingerprint density at radius 3 is 2.69 bits per heavy atom. The van der Waals surface area contributed by atoms with E-state index in [9.17, 15) is 18.0 Å². The van der Waals surface area contributed by atoms with Crippen molar-refractivity contribution >= 4 is 54.8 Å². The Bertz CT molecular complexity index is 1270. The van der Waals surface area contributed by atoms with Crippen molar-refractivity contribution in [3.8, 4) is 0 Å². The van der Waals surface area contributed by atoms with Gasteiger partial charge in [-0.25, -0.2) is 13.4 Å². The summed E-state index contributed by atoms with van der Waals surface area (Å²) in [5.74, 6) is 0.0133. The fourth-order valence-electron chi connectivity index (χ4n) is 3.39. The third-order valence-corrected chi connectivity index (χ3v) is 7.57. The van der Waals surface area contributed by atoms with Crippen molar-refractivity contribution in [3.05, 3.63) is 50.6 Å². The third-order valence-electron chi connectivity index (χ3n) is 4.75. The average Bonchev–Trinajstić information content (AvgIpc) is 3.23. The topological polar surface area (TPSA) is 98.1 Å². The number of aromatic nitrogens is 2. The van der Waals surface area contributed by atoms with Gasteiger partial charge in [0.05, 0.1) is 17.4 Å². The summed E-state index contributed by atoms with van der Waals surface area (Å²) >= 11 is 2.81. The highest BCUT2D eigenvalue weighted by atomic mass is 32.2. The van der Waals surface area contributed by atoms with Gasteiger partial charge in [-0.2, -0.15) is 0 Å². The van der Waals surface area contributed by atoms with Gasteiger partial charge in [0.2, 0.25) is 10.0 Å². The van der Waals surface area contributed by atoms with E-state index in [1.165, 1.54) is 21.2 Å². The van der Waals surface area contributed by atoms with E-state index in [1.807, 2.05) is 0 Å². The number of nitrogens with one attached hydrogen (secondary N) is 1. The number of sulfonamides is 1. The number of nitrogens with zero attached hydrogens (tertiary/aromatic N) is 2. The Hall–Kier alpha value is -2.17. The van der Waals surface area contributed by atoms with E-state index in [0.29, 0.717) is 16.4 Å². The number of Topliss-reactive ketones (excluding diaryl/α,β-unsaturated/α-hetero) is 1.